The van der Waals surface area contributed by atoms with Crippen molar-refractivity contribution in [3.63, 3.8) is 0 Å². The van der Waals surface area contributed by atoms with Crippen LogP contribution in [0.25, 0.3) is 11.4 Å². The zero-order valence-electron chi connectivity index (χ0n) is 12.4. The first-order valence-corrected chi connectivity index (χ1v) is 7.46. The summed E-state index contributed by atoms with van der Waals surface area (Å²) >= 11 is 0. The van der Waals surface area contributed by atoms with Crippen LogP contribution in [0, 0.1) is 12.7 Å². The summed E-state index contributed by atoms with van der Waals surface area (Å²) in [4.78, 5) is 4.58. The molecule has 0 aliphatic carbocycles. The zero-order valence-corrected chi connectivity index (χ0v) is 12.4. The number of aromatic nitrogens is 2. The predicted octanol–water partition coefficient (Wildman–Crippen LogP) is 3.22. The Kier molecular flexibility index (Phi) is 3.76. The Hall–Kier alpha value is -1.75. The Balaban J connectivity index is 1.97. The first-order chi connectivity index (χ1) is 10.1. The zero-order chi connectivity index (χ0) is 14.9. The second-order valence-corrected chi connectivity index (χ2v) is 5.77. The maximum absolute atomic E-state index is 13.4. The van der Waals surface area contributed by atoms with Gasteiger partial charge in [-0.3, -0.25) is 0 Å². The minimum absolute atomic E-state index is 0.0439. The lowest BCUT2D eigenvalue weighted by Crippen LogP contribution is -2.39. The Bertz CT molecular complexity index is 632. The molecule has 0 spiro atoms. The van der Waals surface area contributed by atoms with Crippen LogP contribution in [0.2, 0.25) is 0 Å². The summed E-state index contributed by atoms with van der Waals surface area (Å²) in [5.74, 6) is 0.882. The van der Waals surface area contributed by atoms with Crippen molar-refractivity contribution in [3.05, 3.63) is 35.5 Å². The number of nitrogens with one attached hydrogen (secondary N) is 1. The third kappa shape index (κ3) is 2.58. The van der Waals surface area contributed by atoms with Crippen LogP contribution in [-0.2, 0) is 5.41 Å². The van der Waals surface area contributed by atoms with Crippen molar-refractivity contribution in [2.45, 2.75) is 38.5 Å². The molecule has 3 rings (SSSR count). The van der Waals surface area contributed by atoms with Gasteiger partial charge < -0.3 is 9.84 Å². The van der Waals surface area contributed by atoms with E-state index in [4.69, 9.17) is 4.52 Å². The van der Waals surface area contributed by atoms with Gasteiger partial charge in [-0.2, -0.15) is 4.98 Å². The fraction of sp³-hybridized carbons (Fsp3) is 0.500. The first kappa shape index (κ1) is 14.2. The van der Waals surface area contributed by atoms with Crippen LogP contribution < -0.4 is 5.32 Å². The van der Waals surface area contributed by atoms with E-state index in [-0.39, 0.29) is 11.2 Å². The van der Waals surface area contributed by atoms with Crippen molar-refractivity contribution < 1.29 is 8.91 Å². The molecule has 2 heterocycles. The van der Waals surface area contributed by atoms with Gasteiger partial charge in [-0.1, -0.05) is 18.1 Å². The van der Waals surface area contributed by atoms with Gasteiger partial charge in [-0.15, -0.1) is 0 Å². The van der Waals surface area contributed by atoms with Crippen LogP contribution in [0.15, 0.2) is 22.7 Å². The predicted molar refractivity (Wildman–Crippen MR) is 78.5 cm³/mol. The summed E-state index contributed by atoms with van der Waals surface area (Å²) in [5, 5.41) is 7.44. The quantitative estimate of drug-likeness (QED) is 0.942. The van der Waals surface area contributed by atoms with E-state index in [1.807, 2.05) is 6.92 Å². The fourth-order valence-electron chi connectivity index (χ4n) is 3.01. The first-order valence-electron chi connectivity index (χ1n) is 7.46. The van der Waals surface area contributed by atoms with E-state index in [1.54, 1.807) is 6.07 Å². The molecule has 4 nitrogen and oxygen atoms in total. The van der Waals surface area contributed by atoms with E-state index in [0.717, 1.165) is 37.9 Å². The van der Waals surface area contributed by atoms with Crippen LogP contribution in [0.5, 0.6) is 0 Å². The summed E-state index contributed by atoms with van der Waals surface area (Å²) in [7, 11) is 0. The van der Waals surface area contributed by atoms with Gasteiger partial charge in [0.25, 0.3) is 0 Å². The standard InChI is InChI=1S/C16H20FN3O/c1-3-16(6-8-18-9-7-16)15-19-14(20-21-15)13-10-12(17)5-4-11(13)2/h4-5,10,18H,3,6-9H2,1-2H3. The lowest BCUT2D eigenvalue weighted by molar-refractivity contribution is 0.216. The molecule has 2 aromatic rings. The SMILES string of the molecule is CCC1(c2nc(-c3cc(F)ccc3C)no2)CCNCC1. The topological polar surface area (TPSA) is 51.0 Å². The third-order valence-corrected chi connectivity index (χ3v) is 4.56. The highest BCUT2D eigenvalue weighted by Gasteiger charge is 2.37. The smallest absolute Gasteiger partial charge is 0.233 e. The molecule has 1 aliphatic heterocycles. The Morgan fingerprint density at radius 1 is 1.33 bits per heavy atom. The largest absolute Gasteiger partial charge is 0.338 e. The van der Waals surface area contributed by atoms with Gasteiger partial charge in [0, 0.05) is 5.56 Å². The van der Waals surface area contributed by atoms with Gasteiger partial charge in [0.2, 0.25) is 11.7 Å². The third-order valence-electron chi connectivity index (χ3n) is 4.56. The van der Waals surface area contributed by atoms with E-state index >= 15 is 0 Å². The lowest BCUT2D eigenvalue weighted by atomic mass is 9.76. The van der Waals surface area contributed by atoms with Gasteiger partial charge in [-0.05, 0) is 57.0 Å². The van der Waals surface area contributed by atoms with E-state index in [1.165, 1.54) is 12.1 Å². The second kappa shape index (κ2) is 5.56. The number of piperidine rings is 1. The molecular weight excluding hydrogens is 269 g/mol. The fourth-order valence-corrected chi connectivity index (χ4v) is 3.01. The maximum Gasteiger partial charge on any atom is 0.233 e. The molecule has 21 heavy (non-hydrogen) atoms. The summed E-state index contributed by atoms with van der Waals surface area (Å²) in [5.41, 5.74) is 1.60. The Morgan fingerprint density at radius 3 is 2.81 bits per heavy atom. The molecule has 1 N–H and O–H groups in total. The minimum Gasteiger partial charge on any atom is -0.338 e. The number of aryl methyl sites for hydroxylation is 1. The molecule has 1 aromatic heterocycles. The average Bonchev–Trinajstić information content (AvgIpc) is 3.00. The highest BCUT2D eigenvalue weighted by Crippen LogP contribution is 2.36. The van der Waals surface area contributed by atoms with Crippen LogP contribution in [0.1, 0.15) is 37.6 Å². The van der Waals surface area contributed by atoms with E-state index in [2.05, 4.69) is 22.4 Å². The average molecular weight is 289 g/mol. The lowest BCUT2D eigenvalue weighted by Gasteiger charge is -2.33. The van der Waals surface area contributed by atoms with Crippen LogP contribution in [-0.4, -0.2) is 23.2 Å². The number of hydrogen-bond acceptors (Lipinski definition) is 4. The van der Waals surface area contributed by atoms with E-state index in [9.17, 15) is 4.39 Å². The van der Waals surface area contributed by atoms with Crippen LogP contribution in [0.3, 0.4) is 0 Å². The molecular formula is C16H20FN3O. The molecule has 0 saturated carbocycles. The molecule has 0 bridgehead atoms. The van der Waals surface area contributed by atoms with E-state index < -0.39 is 0 Å². The number of hydrogen-bond donors (Lipinski definition) is 1. The van der Waals surface area contributed by atoms with Crippen molar-refractivity contribution in [1.82, 2.24) is 15.5 Å². The molecule has 1 aromatic carbocycles. The van der Waals surface area contributed by atoms with Gasteiger partial charge in [-0.25, -0.2) is 4.39 Å². The van der Waals surface area contributed by atoms with Gasteiger partial charge in [0.1, 0.15) is 5.82 Å². The van der Waals surface area contributed by atoms with Crippen LogP contribution in [0.4, 0.5) is 4.39 Å². The highest BCUT2D eigenvalue weighted by molar-refractivity contribution is 5.59. The molecule has 0 unspecified atom stereocenters. The van der Waals surface area contributed by atoms with Crippen molar-refractivity contribution in [1.29, 1.82) is 0 Å². The van der Waals surface area contributed by atoms with Gasteiger partial charge in [0.15, 0.2) is 0 Å². The summed E-state index contributed by atoms with van der Waals surface area (Å²) < 4.78 is 19.0. The molecule has 1 aliphatic rings. The molecule has 1 fully saturated rings. The van der Waals surface area contributed by atoms with Crippen molar-refractivity contribution in [2.75, 3.05) is 13.1 Å². The molecule has 0 radical (unpaired) electrons. The number of benzene rings is 1. The molecule has 0 atom stereocenters. The van der Waals surface area contributed by atoms with Crippen molar-refractivity contribution >= 4 is 0 Å². The maximum atomic E-state index is 13.4. The van der Waals surface area contributed by atoms with Crippen molar-refractivity contribution in [2.24, 2.45) is 0 Å². The molecule has 5 heteroatoms. The minimum atomic E-state index is -0.283. The number of halogens is 1. The van der Waals surface area contributed by atoms with Crippen molar-refractivity contribution in [3.8, 4) is 11.4 Å². The molecule has 112 valence electrons. The summed E-state index contributed by atoms with van der Waals surface area (Å²) in [6, 6.07) is 4.64. The summed E-state index contributed by atoms with van der Waals surface area (Å²) in [6.07, 6.45) is 2.96. The van der Waals surface area contributed by atoms with E-state index in [0.29, 0.717) is 17.3 Å². The number of nitrogens with zero attached hydrogens (tertiary/aromatic N) is 2. The highest BCUT2D eigenvalue weighted by atomic mass is 19.1. The molecule has 1 saturated heterocycles. The van der Waals surface area contributed by atoms with Gasteiger partial charge >= 0.3 is 0 Å². The Morgan fingerprint density at radius 2 is 2.10 bits per heavy atom. The monoisotopic (exact) mass is 289 g/mol. The normalized spacial score (nSPS) is 17.9. The summed E-state index contributed by atoms with van der Waals surface area (Å²) in [6.45, 7) is 6.00. The number of rotatable bonds is 3. The van der Waals surface area contributed by atoms with Gasteiger partial charge in [0.05, 0.1) is 5.41 Å². The molecule has 0 amide bonds. The van der Waals surface area contributed by atoms with Crippen LogP contribution >= 0.6 is 0 Å². The second-order valence-electron chi connectivity index (χ2n) is 5.77. The Labute approximate surface area is 123 Å².